The number of hydrazine groups is 1. The lowest BCUT2D eigenvalue weighted by atomic mass is 9.80. The Morgan fingerprint density at radius 3 is 2.48 bits per heavy atom. The minimum atomic E-state index is -1.06. The summed E-state index contributed by atoms with van der Waals surface area (Å²) in [5.74, 6) is -0.550. The number of rotatable bonds is 7. The third-order valence-electron chi connectivity index (χ3n) is 8.21. The number of nitrogens with one attached hydrogen (secondary N) is 3. The zero-order valence-corrected chi connectivity index (χ0v) is 22.5. The summed E-state index contributed by atoms with van der Waals surface area (Å²) >= 11 is 0. The van der Waals surface area contributed by atoms with Crippen molar-refractivity contribution in [2.75, 3.05) is 36.5 Å². The topological polar surface area (TPSA) is 107 Å². The molecule has 3 N–H and O–H groups in total. The number of furan rings is 1. The van der Waals surface area contributed by atoms with Crippen LogP contribution in [-0.2, 0) is 9.59 Å². The zero-order valence-electron chi connectivity index (χ0n) is 22.5. The second-order valence-corrected chi connectivity index (χ2v) is 11.0. The molecule has 9 heteroatoms. The Balaban J connectivity index is 1.12. The minimum Gasteiger partial charge on any atom is -0.451 e. The van der Waals surface area contributed by atoms with Crippen LogP contribution in [0.25, 0.3) is 11.0 Å². The van der Waals surface area contributed by atoms with Crippen molar-refractivity contribution in [3.63, 3.8) is 0 Å². The van der Waals surface area contributed by atoms with Gasteiger partial charge >= 0.3 is 0 Å². The van der Waals surface area contributed by atoms with Crippen molar-refractivity contribution in [1.82, 2.24) is 15.6 Å². The number of amides is 2. The predicted octanol–water partition coefficient (Wildman–Crippen LogP) is 4.03. The van der Waals surface area contributed by atoms with Gasteiger partial charge in [0.15, 0.2) is 11.5 Å². The Morgan fingerprint density at radius 2 is 1.70 bits per heavy atom. The number of ketones is 1. The molecule has 3 aromatic rings. The first-order chi connectivity index (χ1) is 19.5. The molecule has 9 nitrogen and oxygen atoms in total. The van der Waals surface area contributed by atoms with Gasteiger partial charge in [-0.3, -0.25) is 14.4 Å². The Morgan fingerprint density at radius 1 is 0.950 bits per heavy atom. The van der Waals surface area contributed by atoms with Crippen LogP contribution in [-0.4, -0.2) is 60.4 Å². The summed E-state index contributed by atoms with van der Waals surface area (Å²) in [7, 11) is 0. The third-order valence-corrected chi connectivity index (χ3v) is 8.21. The molecular formula is C31H35N5O4. The van der Waals surface area contributed by atoms with Crippen molar-refractivity contribution < 1.29 is 18.8 Å². The summed E-state index contributed by atoms with van der Waals surface area (Å²) in [6, 6.07) is 16.5. The molecule has 2 aromatic carbocycles. The number of anilines is 2. The third kappa shape index (κ3) is 5.34. The van der Waals surface area contributed by atoms with E-state index in [1.807, 2.05) is 48.5 Å². The van der Waals surface area contributed by atoms with E-state index in [1.54, 1.807) is 6.07 Å². The number of nitrogens with zero attached hydrogens (tertiary/aromatic N) is 2. The van der Waals surface area contributed by atoms with Crippen molar-refractivity contribution in [3.05, 3.63) is 72.5 Å². The molecule has 3 heterocycles. The number of fused-ring (bicyclic) bond motifs is 1. The van der Waals surface area contributed by atoms with Gasteiger partial charge in [-0.05, 0) is 43.5 Å². The van der Waals surface area contributed by atoms with Gasteiger partial charge in [-0.25, -0.2) is 5.01 Å². The van der Waals surface area contributed by atoms with Crippen molar-refractivity contribution in [3.8, 4) is 0 Å². The molecule has 2 amide bonds. The smallest absolute Gasteiger partial charge is 0.287 e. The van der Waals surface area contributed by atoms with Crippen LogP contribution in [0.4, 0.5) is 11.4 Å². The van der Waals surface area contributed by atoms with Crippen molar-refractivity contribution in [2.45, 2.75) is 50.1 Å². The van der Waals surface area contributed by atoms with Crippen molar-refractivity contribution >= 4 is 39.9 Å². The number of carbonyl (C=O) groups excluding carboxylic acids is 3. The van der Waals surface area contributed by atoms with Crippen LogP contribution in [0.5, 0.6) is 0 Å². The number of piperidine rings is 1. The van der Waals surface area contributed by atoms with E-state index < -0.39 is 17.5 Å². The number of hydrogen-bond acceptors (Lipinski definition) is 7. The van der Waals surface area contributed by atoms with E-state index in [9.17, 15) is 14.4 Å². The van der Waals surface area contributed by atoms with E-state index in [4.69, 9.17) is 4.42 Å². The average molecular weight is 542 g/mol. The van der Waals surface area contributed by atoms with E-state index in [2.05, 4.69) is 38.1 Å². The summed E-state index contributed by atoms with van der Waals surface area (Å²) in [6.45, 7) is 2.50. The molecule has 2 aliphatic heterocycles. The SMILES string of the molecule is O=C(NC1(C(=O)NC2CCN(c3ccccc3NN3CC=CC3)CC2=O)CCCCC1)c1cc2ccccc2o1. The van der Waals surface area contributed by atoms with Gasteiger partial charge < -0.3 is 25.4 Å². The summed E-state index contributed by atoms with van der Waals surface area (Å²) in [4.78, 5) is 42.3. The Labute approximate surface area is 233 Å². The molecule has 1 saturated carbocycles. The molecule has 1 saturated heterocycles. The van der Waals surface area contributed by atoms with E-state index in [0.717, 1.165) is 49.1 Å². The largest absolute Gasteiger partial charge is 0.451 e. The maximum absolute atomic E-state index is 13.7. The van der Waals surface area contributed by atoms with Gasteiger partial charge in [0, 0.05) is 25.0 Å². The van der Waals surface area contributed by atoms with Gasteiger partial charge in [-0.15, -0.1) is 0 Å². The van der Waals surface area contributed by atoms with Gasteiger partial charge in [0.2, 0.25) is 5.91 Å². The first kappa shape index (κ1) is 26.1. The van der Waals surface area contributed by atoms with Crippen LogP contribution in [0.2, 0.25) is 0 Å². The van der Waals surface area contributed by atoms with Gasteiger partial charge in [0.05, 0.1) is 24.0 Å². The highest BCUT2D eigenvalue weighted by Gasteiger charge is 2.43. The lowest BCUT2D eigenvalue weighted by Crippen LogP contribution is -2.63. The average Bonchev–Trinajstić information content (AvgIpc) is 3.65. The Bertz CT molecular complexity index is 1400. The second-order valence-electron chi connectivity index (χ2n) is 11.0. The number of Topliss-reactive ketones (excluding diaryl/α,β-unsaturated/α-hetero) is 1. The highest BCUT2D eigenvalue weighted by molar-refractivity contribution is 6.01. The summed E-state index contributed by atoms with van der Waals surface area (Å²) in [5.41, 5.74) is 4.94. The monoisotopic (exact) mass is 541 g/mol. The lowest BCUT2D eigenvalue weighted by Gasteiger charge is -2.39. The van der Waals surface area contributed by atoms with Gasteiger partial charge in [-0.1, -0.05) is 61.7 Å². The van der Waals surface area contributed by atoms with Gasteiger partial charge in [0.25, 0.3) is 5.91 Å². The molecule has 1 unspecified atom stereocenters. The highest BCUT2D eigenvalue weighted by atomic mass is 16.3. The number of carbonyl (C=O) groups is 3. The fourth-order valence-corrected chi connectivity index (χ4v) is 6.00. The molecule has 1 aromatic heterocycles. The van der Waals surface area contributed by atoms with E-state index in [1.165, 1.54) is 0 Å². The van der Waals surface area contributed by atoms with Crippen LogP contribution in [0.1, 0.15) is 49.1 Å². The van der Waals surface area contributed by atoms with Crippen LogP contribution in [0, 0.1) is 0 Å². The molecule has 40 heavy (non-hydrogen) atoms. The maximum Gasteiger partial charge on any atom is 0.287 e. The van der Waals surface area contributed by atoms with E-state index >= 15 is 0 Å². The first-order valence-corrected chi connectivity index (χ1v) is 14.2. The maximum atomic E-state index is 13.7. The fraction of sp³-hybridized carbons (Fsp3) is 0.387. The highest BCUT2D eigenvalue weighted by Crippen LogP contribution is 2.31. The fourth-order valence-electron chi connectivity index (χ4n) is 6.00. The number of hydrogen-bond donors (Lipinski definition) is 3. The molecule has 3 aliphatic rings. The standard InChI is InChI=1S/C31H35N5O4/c37-26-21-35(25-12-4-3-11-23(25)34-36-17-8-9-18-36)19-14-24(26)32-30(39)31(15-6-1-7-16-31)33-29(38)28-20-22-10-2-5-13-27(22)40-28/h2-5,8-13,20,24,34H,1,6-7,14-19,21H2,(H,32,39)(H,33,38). The minimum absolute atomic E-state index is 0.0354. The first-order valence-electron chi connectivity index (χ1n) is 14.2. The molecule has 6 rings (SSSR count). The zero-order chi connectivity index (χ0) is 27.5. The van der Waals surface area contributed by atoms with Crippen LogP contribution >= 0.6 is 0 Å². The Hall–Kier alpha value is -4.11. The van der Waals surface area contributed by atoms with Gasteiger partial charge in [0.1, 0.15) is 11.1 Å². The molecule has 0 radical (unpaired) electrons. The second kappa shape index (κ2) is 11.2. The molecule has 2 fully saturated rings. The van der Waals surface area contributed by atoms with Crippen molar-refractivity contribution in [1.29, 1.82) is 0 Å². The Kier molecular flexibility index (Phi) is 7.30. The van der Waals surface area contributed by atoms with E-state index in [-0.39, 0.29) is 24.0 Å². The molecule has 1 aliphatic carbocycles. The summed E-state index contributed by atoms with van der Waals surface area (Å²) < 4.78 is 5.75. The predicted molar refractivity (Wildman–Crippen MR) is 154 cm³/mol. The van der Waals surface area contributed by atoms with Crippen LogP contribution < -0.4 is 21.0 Å². The van der Waals surface area contributed by atoms with Crippen LogP contribution in [0.15, 0.2) is 71.2 Å². The quantitative estimate of drug-likeness (QED) is 0.388. The lowest BCUT2D eigenvalue weighted by molar-refractivity contribution is -0.133. The molecule has 0 spiro atoms. The molecule has 208 valence electrons. The molecule has 1 atom stereocenters. The van der Waals surface area contributed by atoms with Gasteiger partial charge in [-0.2, -0.15) is 0 Å². The molecular weight excluding hydrogens is 506 g/mol. The normalized spacial score (nSPS) is 20.9. The number of benzene rings is 2. The van der Waals surface area contributed by atoms with Crippen LogP contribution in [0.3, 0.4) is 0 Å². The summed E-state index contributed by atoms with van der Waals surface area (Å²) in [5, 5.41) is 8.96. The van der Waals surface area contributed by atoms with E-state index in [0.29, 0.717) is 31.4 Å². The van der Waals surface area contributed by atoms with Crippen molar-refractivity contribution in [2.24, 2.45) is 0 Å². The molecule has 0 bridgehead atoms. The number of para-hydroxylation sites is 3. The summed E-state index contributed by atoms with van der Waals surface area (Å²) in [6.07, 6.45) is 8.46.